The molecule has 0 aliphatic carbocycles. The molecule has 0 fully saturated rings. The van der Waals surface area contributed by atoms with Crippen LogP contribution in [0.4, 0.5) is 11.4 Å². The van der Waals surface area contributed by atoms with Crippen molar-refractivity contribution in [2.24, 2.45) is 7.05 Å². The highest BCUT2D eigenvalue weighted by Gasteiger charge is 2.19. The van der Waals surface area contributed by atoms with Crippen molar-refractivity contribution in [2.45, 2.75) is 32.6 Å². The molecule has 0 radical (unpaired) electrons. The summed E-state index contributed by atoms with van der Waals surface area (Å²) in [5, 5.41) is 10.8. The summed E-state index contributed by atoms with van der Waals surface area (Å²) in [6, 6.07) is 5.86. The second-order valence-corrected chi connectivity index (χ2v) is 6.07. The van der Waals surface area contributed by atoms with E-state index in [-0.39, 0.29) is 11.8 Å². The summed E-state index contributed by atoms with van der Waals surface area (Å²) in [7, 11) is 1.87. The number of aromatic nitrogens is 2. The van der Waals surface area contributed by atoms with Crippen molar-refractivity contribution in [3.63, 3.8) is 0 Å². The van der Waals surface area contributed by atoms with E-state index < -0.39 is 0 Å². The van der Waals surface area contributed by atoms with Crippen molar-refractivity contribution in [1.82, 2.24) is 9.78 Å². The number of aryl methyl sites for hydroxylation is 1. The number of nitrogens with one attached hydrogen (secondary N) is 2. The van der Waals surface area contributed by atoms with Gasteiger partial charge < -0.3 is 10.6 Å². The van der Waals surface area contributed by atoms with Gasteiger partial charge in [0, 0.05) is 31.0 Å². The number of fused-ring (bicyclic) bond motifs is 1. The van der Waals surface area contributed by atoms with E-state index in [1.165, 1.54) is 0 Å². The smallest absolute Gasteiger partial charge is 0.256 e. The van der Waals surface area contributed by atoms with Crippen LogP contribution in [0.2, 0.25) is 0 Å². The number of anilines is 2. The summed E-state index contributed by atoms with van der Waals surface area (Å²) in [6.07, 6.45) is 3.86. The Hall–Kier alpha value is -2.30. The summed E-state index contributed by atoms with van der Waals surface area (Å²) in [5.41, 5.74) is 4.65. The van der Waals surface area contributed by atoms with Crippen molar-refractivity contribution < 1.29 is 4.79 Å². The molecule has 1 aliphatic rings. The van der Waals surface area contributed by atoms with E-state index in [4.69, 9.17) is 0 Å². The van der Waals surface area contributed by atoms with Crippen LogP contribution < -0.4 is 10.6 Å². The monoisotopic (exact) mass is 298 g/mol. The molecular formula is C17H22N4O. The maximum Gasteiger partial charge on any atom is 0.256 e. The number of carbonyl (C=O) groups excluding carboxylic acids is 1. The predicted octanol–water partition coefficient (Wildman–Crippen LogP) is 3.15. The number of nitrogens with zero attached hydrogens (tertiary/aromatic N) is 2. The highest BCUT2D eigenvalue weighted by atomic mass is 16.1. The van der Waals surface area contributed by atoms with Crippen LogP contribution in [0.25, 0.3) is 0 Å². The predicted molar refractivity (Wildman–Crippen MR) is 88.5 cm³/mol. The van der Waals surface area contributed by atoms with Crippen LogP contribution in [-0.2, 0) is 13.5 Å². The van der Waals surface area contributed by atoms with Gasteiger partial charge in [-0.1, -0.05) is 19.9 Å². The molecule has 3 rings (SSSR count). The number of amides is 1. The van der Waals surface area contributed by atoms with Crippen molar-refractivity contribution in [3.8, 4) is 0 Å². The van der Waals surface area contributed by atoms with Gasteiger partial charge in [0.2, 0.25) is 0 Å². The molecule has 0 atom stereocenters. The molecule has 5 nitrogen and oxygen atoms in total. The third-order valence-electron chi connectivity index (χ3n) is 3.99. The van der Waals surface area contributed by atoms with E-state index >= 15 is 0 Å². The maximum absolute atomic E-state index is 12.7. The highest BCUT2D eigenvalue weighted by molar-refractivity contribution is 6.06. The number of benzene rings is 1. The normalized spacial score (nSPS) is 13.6. The second kappa shape index (κ2) is 5.83. The first-order valence-corrected chi connectivity index (χ1v) is 7.77. The number of hydrogen-bond acceptors (Lipinski definition) is 3. The maximum atomic E-state index is 12.7. The standard InChI is InChI=1S/C17H22N4O/c1-11(2)16-15(10-21(3)20-16)19-17(22)13-6-4-8-14-12(13)7-5-9-18-14/h4,6,8,10-11,18H,5,7,9H2,1-3H3,(H,19,22). The lowest BCUT2D eigenvalue weighted by atomic mass is 9.97. The minimum absolute atomic E-state index is 0.0598. The molecule has 0 saturated heterocycles. The molecule has 0 spiro atoms. The fourth-order valence-electron chi connectivity index (χ4n) is 2.94. The molecule has 1 amide bonds. The molecule has 0 saturated carbocycles. The van der Waals surface area contributed by atoms with E-state index in [2.05, 4.69) is 29.6 Å². The zero-order chi connectivity index (χ0) is 15.7. The largest absolute Gasteiger partial charge is 0.385 e. The molecule has 0 unspecified atom stereocenters. The van der Waals surface area contributed by atoms with Crippen LogP contribution in [-0.4, -0.2) is 22.2 Å². The fourth-order valence-corrected chi connectivity index (χ4v) is 2.94. The Bertz CT molecular complexity index is 703. The van der Waals surface area contributed by atoms with Crippen LogP contribution >= 0.6 is 0 Å². The Balaban J connectivity index is 1.90. The van der Waals surface area contributed by atoms with Crippen LogP contribution in [0.1, 0.15) is 47.8 Å². The minimum Gasteiger partial charge on any atom is -0.385 e. The highest BCUT2D eigenvalue weighted by Crippen LogP contribution is 2.27. The molecule has 2 aromatic rings. The molecule has 0 bridgehead atoms. The Labute approximate surface area is 130 Å². The number of hydrogen-bond donors (Lipinski definition) is 2. The molecule has 2 N–H and O–H groups in total. The molecular weight excluding hydrogens is 276 g/mol. The van der Waals surface area contributed by atoms with Crippen molar-refractivity contribution >= 4 is 17.3 Å². The van der Waals surface area contributed by atoms with Crippen LogP contribution in [0, 0.1) is 0 Å². The zero-order valence-corrected chi connectivity index (χ0v) is 13.3. The molecule has 22 heavy (non-hydrogen) atoms. The van der Waals surface area contributed by atoms with Gasteiger partial charge in [-0.05, 0) is 36.5 Å². The third-order valence-corrected chi connectivity index (χ3v) is 3.99. The average molecular weight is 298 g/mol. The summed E-state index contributed by atoms with van der Waals surface area (Å²) < 4.78 is 1.74. The molecule has 116 valence electrons. The summed E-state index contributed by atoms with van der Waals surface area (Å²) in [5.74, 6) is 0.207. The molecule has 1 aliphatic heterocycles. The van der Waals surface area contributed by atoms with Crippen LogP contribution in [0.5, 0.6) is 0 Å². The lowest BCUT2D eigenvalue weighted by Crippen LogP contribution is -2.19. The van der Waals surface area contributed by atoms with Gasteiger partial charge in [0.15, 0.2) is 0 Å². The summed E-state index contributed by atoms with van der Waals surface area (Å²) in [6.45, 7) is 5.12. The summed E-state index contributed by atoms with van der Waals surface area (Å²) in [4.78, 5) is 12.7. The van der Waals surface area contributed by atoms with Crippen LogP contribution in [0.3, 0.4) is 0 Å². The van der Waals surface area contributed by atoms with Gasteiger partial charge in [0.1, 0.15) is 0 Å². The quantitative estimate of drug-likeness (QED) is 0.915. The SMILES string of the molecule is CC(C)c1nn(C)cc1NC(=O)c1cccc2c1CCCN2. The number of carbonyl (C=O) groups is 1. The lowest BCUT2D eigenvalue weighted by Gasteiger charge is -2.20. The Kier molecular flexibility index (Phi) is 3.88. The zero-order valence-electron chi connectivity index (χ0n) is 13.3. The van der Waals surface area contributed by atoms with E-state index in [0.29, 0.717) is 0 Å². The lowest BCUT2D eigenvalue weighted by molar-refractivity contribution is 0.102. The molecule has 2 heterocycles. The van der Waals surface area contributed by atoms with E-state index in [9.17, 15) is 4.79 Å². The Morgan fingerprint density at radius 1 is 1.41 bits per heavy atom. The molecule has 5 heteroatoms. The molecule has 1 aromatic heterocycles. The summed E-state index contributed by atoms with van der Waals surface area (Å²) >= 11 is 0. The first-order chi connectivity index (χ1) is 10.6. The van der Waals surface area contributed by atoms with Crippen molar-refractivity contribution in [2.75, 3.05) is 17.2 Å². The van der Waals surface area contributed by atoms with Gasteiger partial charge in [0.25, 0.3) is 5.91 Å². The van der Waals surface area contributed by atoms with Gasteiger partial charge >= 0.3 is 0 Å². The average Bonchev–Trinajstić information content (AvgIpc) is 2.87. The van der Waals surface area contributed by atoms with Gasteiger partial charge in [-0.15, -0.1) is 0 Å². The van der Waals surface area contributed by atoms with Crippen LogP contribution in [0.15, 0.2) is 24.4 Å². The van der Waals surface area contributed by atoms with Gasteiger partial charge in [-0.3, -0.25) is 9.48 Å². The number of rotatable bonds is 3. The van der Waals surface area contributed by atoms with Gasteiger partial charge in [-0.2, -0.15) is 5.10 Å². The topological polar surface area (TPSA) is 59.0 Å². The second-order valence-electron chi connectivity index (χ2n) is 6.07. The first kappa shape index (κ1) is 14.6. The van der Waals surface area contributed by atoms with E-state index in [1.807, 2.05) is 31.4 Å². The minimum atomic E-state index is -0.0598. The van der Waals surface area contributed by atoms with Gasteiger partial charge in [-0.25, -0.2) is 0 Å². The van der Waals surface area contributed by atoms with E-state index in [0.717, 1.165) is 47.6 Å². The fraction of sp³-hybridized carbons (Fsp3) is 0.412. The van der Waals surface area contributed by atoms with Gasteiger partial charge in [0.05, 0.1) is 11.4 Å². The van der Waals surface area contributed by atoms with E-state index in [1.54, 1.807) is 4.68 Å². The van der Waals surface area contributed by atoms with Crippen molar-refractivity contribution in [1.29, 1.82) is 0 Å². The Morgan fingerprint density at radius 2 is 2.23 bits per heavy atom. The molecule has 1 aromatic carbocycles. The third kappa shape index (κ3) is 2.71. The first-order valence-electron chi connectivity index (χ1n) is 7.77. The van der Waals surface area contributed by atoms with Crippen molar-refractivity contribution in [3.05, 3.63) is 41.2 Å². The Morgan fingerprint density at radius 3 is 3.00 bits per heavy atom.